The minimum Gasteiger partial charge on any atom is -0.490 e. The quantitative estimate of drug-likeness (QED) is 0.461. The number of carbonyl (C=O) groups is 2. The van der Waals surface area contributed by atoms with Crippen LogP contribution in [-0.4, -0.2) is 96.1 Å². The number of nitrogens with zero attached hydrogens (tertiary/aromatic N) is 2. The predicted octanol–water partition coefficient (Wildman–Crippen LogP) is 4.25. The molecule has 11 nitrogen and oxygen atoms in total. The van der Waals surface area contributed by atoms with Gasteiger partial charge in [-0.3, -0.25) is 9.59 Å². The summed E-state index contributed by atoms with van der Waals surface area (Å²) in [6, 6.07) is 10.9. The number of fused-ring (bicyclic) bond motifs is 4. The molecule has 2 aliphatic carbocycles. The highest BCUT2D eigenvalue weighted by Crippen LogP contribution is 2.47. The van der Waals surface area contributed by atoms with E-state index in [1.165, 1.54) is 31.0 Å². The van der Waals surface area contributed by atoms with Gasteiger partial charge in [-0.15, -0.1) is 0 Å². The third-order valence-electron chi connectivity index (χ3n) is 11.2. The molecule has 2 bridgehead atoms. The maximum Gasteiger partial charge on any atom is 0.265 e. The summed E-state index contributed by atoms with van der Waals surface area (Å²) in [5.74, 6) is 0.0477. The topological polar surface area (TPSA) is 124 Å². The molecule has 1 saturated carbocycles. The van der Waals surface area contributed by atoms with Gasteiger partial charge in [-0.05, 0) is 99.2 Å². The number of ether oxygens (including phenoxy) is 4. The number of hydrogen-bond acceptors (Lipinski definition) is 9. The lowest BCUT2D eigenvalue weighted by molar-refractivity contribution is -0.151. The molecule has 2 aromatic carbocycles. The molecule has 1 N–H and O–H groups in total. The second-order valence-electron chi connectivity index (χ2n) is 14.9. The van der Waals surface area contributed by atoms with Crippen molar-refractivity contribution in [1.82, 2.24) is 9.62 Å². The van der Waals surface area contributed by atoms with Crippen molar-refractivity contribution < 1.29 is 37.0 Å². The van der Waals surface area contributed by atoms with E-state index in [4.69, 9.17) is 30.5 Å². The van der Waals surface area contributed by atoms with Crippen LogP contribution in [-0.2, 0) is 45.7 Å². The summed E-state index contributed by atoms with van der Waals surface area (Å²) < 4.78 is 53.6. The first-order valence-corrected chi connectivity index (χ1v) is 19.3. The molecule has 13 heteroatoms. The maximum atomic E-state index is 13.6. The molecule has 5 aliphatic rings. The van der Waals surface area contributed by atoms with Gasteiger partial charge in [0.1, 0.15) is 18.0 Å². The number of benzene rings is 2. The van der Waals surface area contributed by atoms with Crippen LogP contribution in [0.5, 0.6) is 5.75 Å². The monoisotopic (exact) mass is 727 g/mol. The predicted molar refractivity (Wildman–Crippen MR) is 188 cm³/mol. The molecule has 0 radical (unpaired) electrons. The molecule has 2 amide bonds. The van der Waals surface area contributed by atoms with E-state index in [1.807, 2.05) is 12.1 Å². The lowest BCUT2D eigenvalue weighted by Gasteiger charge is -2.46. The first kappa shape index (κ1) is 35.3. The third kappa shape index (κ3) is 6.89. The van der Waals surface area contributed by atoms with Crippen molar-refractivity contribution in [2.24, 2.45) is 11.8 Å². The fraction of sp³-hybridized carbons (Fsp3) is 0.568. The zero-order valence-corrected chi connectivity index (χ0v) is 30.4. The Bertz CT molecular complexity index is 1780. The average molecular weight is 728 g/mol. The molecule has 1 spiro atoms. The molecule has 4 atom stereocenters. The average Bonchev–Trinajstić information content (AvgIpc) is 3.19. The Hall–Kier alpha value is -3.16. The van der Waals surface area contributed by atoms with Crippen LogP contribution in [0.15, 0.2) is 53.4 Å². The summed E-state index contributed by atoms with van der Waals surface area (Å²) in [6.45, 7) is 5.87. The van der Waals surface area contributed by atoms with Gasteiger partial charge in [-0.1, -0.05) is 29.8 Å². The zero-order chi connectivity index (χ0) is 35.3. The van der Waals surface area contributed by atoms with Crippen LogP contribution in [0.2, 0.25) is 5.02 Å². The Morgan fingerprint density at radius 1 is 1.12 bits per heavy atom. The van der Waals surface area contributed by atoms with E-state index >= 15 is 0 Å². The molecule has 3 aliphatic heterocycles. The molecule has 2 fully saturated rings. The number of carbonyl (C=O) groups excluding carboxylic acids is 2. The molecule has 0 aromatic heterocycles. The van der Waals surface area contributed by atoms with E-state index in [0.717, 1.165) is 32.1 Å². The van der Waals surface area contributed by atoms with Crippen molar-refractivity contribution in [3.63, 3.8) is 0 Å². The highest BCUT2D eigenvalue weighted by Gasteiger charge is 2.45. The summed E-state index contributed by atoms with van der Waals surface area (Å²) in [4.78, 5) is 30.2. The fourth-order valence-corrected chi connectivity index (χ4v) is 9.30. The number of amides is 2. The van der Waals surface area contributed by atoms with Gasteiger partial charge in [0, 0.05) is 43.7 Å². The summed E-state index contributed by atoms with van der Waals surface area (Å²) in [6.07, 6.45) is 8.12. The van der Waals surface area contributed by atoms with Crippen molar-refractivity contribution in [3.05, 3.63) is 64.7 Å². The van der Waals surface area contributed by atoms with E-state index in [0.29, 0.717) is 49.2 Å². The van der Waals surface area contributed by atoms with Gasteiger partial charge in [0.15, 0.2) is 0 Å². The van der Waals surface area contributed by atoms with E-state index in [9.17, 15) is 18.0 Å². The number of anilines is 1. The summed E-state index contributed by atoms with van der Waals surface area (Å²) >= 11 is 6.44. The number of sulfonamides is 1. The maximum absolute atomic E-state index is 13.6. The Morgan fingerprint density at radius 3 is 2.70 bits per heavy atom. The molecule has 0 unspecified atom stereocenters. The van der Waals surface area contributed by atoms with Crippen LogP contribution in [0.4, 0.5) is 5.69 Å². The van der Waals surface area contributed by atoms with Crippen molar-refractivity contribution in [2.75, 3.05) is 58.0 Å². The lowest BCUT2D eigenvalue weighted by atomic mass is 9.68. The second-order valence-corrected chi connectivity index (χ2v) is 17.0. The van der Waals surface area contributed by atoms with E-state index in [2.05, 4.69) is 21.8 Å². The van der Waals surface area contributed by atoms with Gasteiger partial charge in [0.2, 0.25) is 5.91 Å². The Labute approximate surface area is 299 Å². The number of methoxy groups -OCH3 is 1. The van der Waals surface area contributed by atoms with E-state index < -0.39 is 21.5 Å². The van der Waals surface area contributed by atoms with Crippen LogP contribution < -0.4 is 14.4 Å². The number of likely N-dealkylation sites (tertiary alicyclic amines) is 1. The second kappa shape index (κ2) is 13.8. The summed E-state index contributed by atoms with van der Waals surface area (Å²) in [5, 5.41) is 0.705. The summed E-state index contributed by atoms with van der Waals surface area (Å²) in [5.41, 5.74) is 1.31. The Kier molecular flexibility index (Phi) is 9.70. The third-order valence-corrected chi connectivity index (χ3v) is 12.8. The van der Waals surface area contributed by atoms with Crippen LogP contribution in [0.3, 0.4) is 0 Å². The molecule has 3 heterocycles. The molecule has 1 saturated heterocycles. The van der Waals surface area contributed by atoms with Gasteiger partial charge >= 0.3 is 0 Å². The van der Waals surface area contributed by atoms with Gasteiger partial charge in [-0.2, -0.15) is 0 Å². The standard InChI is InChI=1S/C37H46ClN3O8S/c1-36(2)35(43)39-50(44,45)28-10-13-33-31(17-28)41(22-37(23-48-33)14-4-6-24-16-26(38)9-12-30(24)37)18-25-8-11-29(25)32(7-5-15-49-36)47-21-34(42)40-19-27(20-40)46-3/h5,7,9-10,12-13,16-17,25,27,29,32H,4,6,8,11,14-15,18-23H2,1-3H3,(H,39,43)/b7-5+/t25-,29+,32-,37-/m0/s1. The molecule has 270 valence electrons. The van der Waals surface area contributed by atoms with Gasteiger partial charge in [0.25, 0.3) is 15.9 Å². The smallest absolute Gasteiger partial charge is 0.265 e. The molecule has 2 aromatic rings. The van der Waals surface area contributed by atoms with E-state index in [-0.39, 0.29) is 53.5 Å². The van der Waals surface area contributed by atoms with Gasteiger partial charge < -0.3 is 28.7 Å². The lowest BCUT2D eigenvalue weighted by Crippen LogP contribution is -2.55. The summed E-state index contributed by atoms with van der Waals surface area (Å²) in [7, 11) is -2.58. The van der Waals surface area contributed by atoms with Gasteiger partial charge in [-0.25, -0.2) is 13.1 Å². The molecule has 50 heavy (non-hydrogen) atoms. The first-order valence-electron chi connectivity index (χ1n) is 17.5. The van der Waals surface area contributed by atoms with Crippen LogP contribution in [0, 0.1) is 11.8 Å². The Balaban J connectivity index is 1.24. The minimum absolute atomic E-state index is 0.0284. The van der Waals surface area contributed by atoms with E-state index in [1.54, 1.807) is 30.2 Å². The molecular formula is C37H46ClN3O8S. The van der Waals surface area contributed by atoms with Crippen molar-refractivity contribution in [2.45, 2.75) is 74.1 Å². The van der Waals surface area contributed by atoms with Crippen LogP contribution in [0.1, 0.15) is 50.7 Å². The number of halogens is 1. The van der Waals surface area contributed by atoms with Gasteiger partial charge in [0.05, 0.1) is 36.0 Å². The number of rotatable bonds is 4. The SMILES string of the molecule is COC1CN(C(=O)CO[C@H]2/C=C/COC(C)(C)C(=O)NS(=O)(=O)c3ccc4c(c3)N(C[C@@H]3CC[C@H]32)C[C@@]2(CCCc3cc(Cl)ccc32)CO4)C1. The largest absolute Gasteiger partial charge is 0.490 e. The minimum atomic E-state index is -4.23. The van der Waals surface area contributed by atoms with Crippen LogP contribution in [0.25, 0.3) is 0 Å². The normalized spacial score (nSPS) is 29.7. The zero-order valence-electron chi connectivity index (χ0n) is 28.9. The molecular weight excluding hydrogens is 682 g/mol. The highest BCUT2D eigenvalue weighted by molar-refractivity contribution is 7.90. The molecule has 7 rings (SSSR count). The fourth-order valence-electron chi connectivity index (χ4n) is 7.99. The number of nitrogens with one attached hydrogen (secondary N) is 1. The van der Waals surface area contributed by atoms with Crippen molar-refractivity contribution in [3.8, 4) is 5.75 Å². The number of aryl methyl sites for hydroxylation is 1. The first-order chi connectivity index (χ1) is 23.9. The van der Waals surface area contributed by atoms with Crippen molar-refractivity contribution >= 4 is 39.1 Å². The number of hydrogen-bond donors (Lipinski definition) is 1. The van der Waals surface area contributed by atoms with Crippen molar-refractivity contribution in [1.29, 1.82) is 0 Å². The highest BCUT2D eigenvalue weighted by atomic mass is 35.5. The van der Waals surface area contributed by atoms with Crippen LogP contribution >= 0.6 is 11.6 Å². The Morgan fingerprint density at radius 2 is 1.94 bits per heavy atom.